The van der Waals surface area contributed by atoms with Crippen LogP contribution in [0.1, 0.15) is 5.56 Å². The van der Waals surface area contributed by atoms with Gasteiger partial charge in [-0.1, -0.05) is 17.7 Å². The molecule has 2 N–H and O–H groups in total. The van der Waals surface area contributed by atoms with E-state index in [1.54, 1.807) is 0 Å². The maximum Gasteiger partial charge on any atom is 0.267 e. The number of hydrogen-bond donors (Lipinski definition) is 2. The lowest BCUT2D eigenvalue weighted by molar-refractivity contribution is 1.10. The smallest absolute Gasteiger partial charge is 0.267 e. The first kappa shape index (κ1) is 12.1. The predicted octanol–water partition coefficient (Wildman–Crippen LogP) is 3.24. The minimum atomic E-state index is -0.245. The van der Waals surface area contributed by atoms with Gasteiger partial charge in [-0.05, 0) is 40.5 Å². The monoisotopic (exact) mass is 313 g/mol. The first-order chi connectivity index (χ1) is 8.08. The SMILES string of the molecule is Cc1ccc(Nc2nc[nH]c(=O)c2Br)c(Cl)c1. The quantitative estimate of drug-likeness (QED) is 0.894. The van der Waals surface area contributed by atoms with Gasteiger partial charge in [0.05, 0.1) is 17.0 Å². The van der Waals surface area contributed by atoms with E-state index in [1.807, 2.05) is 25.1 Å². The molecule has 0 saturated carbocycles. The van der Waals surface area contributed by atoms with Gasteiger partial charge in [0.25, 0.3) is 5.56 Å². The summed E-state index contributed by atoms with van der Waals surface area (Å²) in [4.78, 5) is 17.8. The van der Waals surface area contributed by atoms with Gasteiger partial charge in [-0.2, -0.15) is 0 Å². The molecule has 0 bridgehead atoms. The lowest BCUT2D eigenvalue weighted by atomic mass is 10.2. The van der Waals surface area contributed by atoms with Crippen LogP contribution in [-0.2, 0) is 0 Å². The average Bonchev–Trinajstić information content (AvgIpc) is 2.28. The zero-order valence-corrected chi connectivity index (χ0v) is 11.3. The van der Waals surface area contributed by atoms with Crippen molar-refractivity contribution in [3.63, 3.8) is 0 Å². The van der Waals surface area contributed by atoms with Crippen molar-refractivity contribution in [2.45, 2.75) is 6.92 Å². The number of anilines is 2. The van der Waals surface area contributed by atoms with Crippen LogP contribution in [0.15, 0.2) is 33.8 Å². The fourth-order valence-electron chi connectivity index (χ4n) is 1.32. The van der Waals surface area contributed by atoms with E-state index in [4.69, 9.17) is 11.6 Å². The van der Waals surface area contributed by atoms with Crippen LogP contribution in [0.4, 0.5) is 11.5 Å². The maximum atomic E-state index is 11.4. The first-order valence-electron chi connectivity index (χ1n) is 4.84. The summed E-state index contributed by atoms with van der Waals surface area (Å²) in [6, 6.07) is 5.60. The van der Waals surface area contributed by atoms with E-state index in [-0.39, 0.29) is 5.56 Å². The summed E-state index contributed by atoms with van der Waals surface area (Å²) >= 11 is 9.24. The molecule has 1 aromatic carbocycles. The number of nitrogens with zero attached hydrogens (tertiary/aromatic N) is 1. The van der Waals surface area contributed by atoms with Crippen molar-refractivity contribution < 1.29 is 0 Å². The Morgan fingerprint density at radius 2 is 2.24 bits per heavy atom. The molecule has 2 aromatic rings. The van der Waals surface area contributed by atoms with Crippen molar-refractivity contribution in [3.05, 3.63) is 49.9 Å². The highest BCUT2D eigenvalue weighted by atomic mass is 79.9. The lowest BCUT2D eigenvalue weighted by Gasteiger charge is -2.08. The summed E-state index contributed by atoms with van der Waals surface area (Å²) in [5.41, 5.74) is 1.53. The van der Waals surface area contributed by atoms with E-state index >= 15 is 0 Å². The van der Waals surface area contributed by atoms with E-state index in [0.717, 1.165) is 5.56 Å². The second-order valence-electron chi connectivity index (χ2n) is 3.50. The molecule has 0 saturated heterocycles. The van der Waals surface area contributed by atoms with Crippen LogP contribution in [0.2, 0.25) is 5.02 Å². The first-order valence-corrected chi connectivity index (χ1v) is 6.01. The Morgan fingerprint density at radius 3 is 2.94 bits per heavy atom. The number of aryl methyl sites for hydroxylation is 1. The van der Waals surface area contributed by atoms with Crippen molar-refractivity contribution in [3.8, 4) is 0 Å². The van der Waals surface area contributed by atoms with E-state index in [9.17, 15) is 4.79 Å². The Balaban J connectivity index is 2.38. The lowest BCUT2D eigenvalue weighted by Crippen LogP contribution is -2.10. The minimum Gasteiger partial charge on any atom is -0.338 e. The van der Waals surface area contributed by atoms with Crippen molar-refractivity contribution in [2.24, 2.45) is 0 Å². The number of aromatic nitrogens is 2. The van der Waals surface area contributed by atoms with Gasteiger partial charge < -0.3 is 10.3 Å². The van der Waals surface area contributed by atoms with Crippen molar-refractivity contribution in [1.29, 1.82) is 0 Å². The zero-order valence-electron chi connectivity index (χ0n) is 8.92. The molecular formula is C11H9BrClN3O. The maximum absolute atomic E-state index is 11.4. The standard InChI is InChI=1S/C11H9BrClN3O/c1-6-2-3-8(7(13)4-6)16-10-9(12)11(17)15-5-14-10/h2-5H,1H3,(H2,14,15,16,17). The molecule has 4 nitrogen and oxygen atoms in total. The third kappa shape index (κ3) is 2.68. The van der Waals surface area contributed by atoms with Gasteiger partial charge in [0.2, 0.25) is 0 Å². The normalized spacial score (nSPS) is 10.3. The second kappa shape index (κ2) is 4.89. The van der Waals surface area contributed by atoms with E-state index < -0.39 is 0 Å². The molecule has 0 fully saturated rings. The van der Waals surface area contributed by atoms with Crippen molar-refractivity contribution in [2.75, 3.05) is 5.32 Å². The summed E-state index contributed by atoms with van der Waals surface area (Å²) in [6.45, 7) is 1.96. The number of aromatic amines is 1. The van der Waals surface area contributed by atoms with Crippen molar-refractivity contribution >= 4 is 39.0 Å². The molecule has 0 atom stereocenters. The van der Waals surface area contributed by atoms with Gasteiger partial charge in [-0.25, -0.2) is 4.98 Å². The number of benzene rings is 1. The zero-order chi connectivity index (χ0) is 12.4. The third-order valence-electron chi connectivity index (χ3n) is 2.17. The van der Waals surface area contributed by atoms with Gasteiger partial charge in [0.15, 0.2) is 5.82 Å². The van der Waals surface area contributed by atoms with Crippen LogP contribution in [0.25, 0.3) is 0 Å². The van der Waals surface area contributed by atoms with E-state index in [1.165, 1.54) is 6.33 Å². The number of halogens is 2. The highest BCUT2D eigenvalue weighted by Crippen LogP contribution is 2.27. The van der Waals surface area contributed by atoms with Gasteiger partial charge in [-0.15, -0.1) is 0 Å². The number of nitrogens with one attached hydrogen (secondary N) is 2. The van der Waals surface area contributed by atoms with Gasteiger partial charge in [0, 0.05) is 0 Å². The fourth-order valence-corrected chi connectivity index (χ4v) is 1.92. The highest BCUT2D eigenvalue weighted by Gasteiger charge is 2.07. The summed E-state index contributed by atoms with van der Waals surface area (Å²) in [5.74, 6) is 0.430. The predicted molar refractivity (Wildman–Crippen MR) is 72.0 cm³/mol. The number of rotatable bonds is 2. The molecule has 0 aliphatic heterocycles. The topological polar surface area (TPSA) is 57.8 Å². The van der Waals surface area contributed by atoms with E-state index in [2.05, 4.69) is 31.2 Å². The average molecular weight is 315 g/mol. The summed E-state index contributed by atoms with van der Waals surface area (Å²) in [7, 11) is 0. The minimum absolute atomic E-state index is 0.245. The molecule has 0 spiro atoms. The van der Waals surface area contributed by atoms with Crippen LogP contribution >= 0.6 is 27.5 Å². The molecule has 0 aliphatic rings. The van der Waals surface area contributed by atoms with Gasteiger partial charge in [0.1, 0.15) is 4.47 Å². The molecule has 2 rings (SSSR count). The van der Waals surface area contributed by atoms with Crippen LogP contribution < -0.4 is 10.9 Å². The molecule has 6 heteroatoms. The molecule has 88 valence electrons. The van der Waals surface area contributed by atoms with Crippen molar-refractivity contribution in [1.82, 2.24) is 9.97 Å². The van der Waals surface area contributed by atoms with Gasteiger partial charge in [-0.3, -0.25) is 4.79 Å². The number of hydrogen-bond acceptors (Lipinski definition) is 3. The molecule has 1 heterocycles. The Labute approximate surface area is 111 Å². The van der Waals surface area contributed by atoms with Crippen LogP contribution in [0.5, 0.6) is 0 Å². The fraction of sp³-hybridized carbons (Fsp3) is 0.0909. The molecule has 17 heavy (non-hydrogen) atoms. The Hall–Kier alpha value is -1.33. The summed E-state index contributed by atoms with van der Waals surface area (Å²) in [5, 5.41) is 3.58. The van der Waals surface area contributed by atoms with Crippen LogP contribution in [-0.4, -0.2) is 9.97 Å². The Kier molecular flexibility index (Phi) is 3.49. The summed E-state index contributed by atoms with van der Waals surface area (Å²) < 4.78 is 0.344. The van der Waals surface area contributed by atoms with E-state index in [0.29, 0.717) is 21.0 Å². The molecular weight excluding hydrogens is 305 g/mol. The third-order valence-corrected chi connectivity index (χ3v) is 3.22. The van der Waals surface area contributed by atoms with Crippen LogP contribution in [0, 0.1) is 6.92 Å². The molecule has 1 aromatic heterocycles. The molecule has 0 unspecified atom stereocenters. The molecule has 0 amide bonds. The molecule has 0 aliphatic carbocycles. The number of H-pyrrole nitrogens is 1. The second-order valence-corrected chi connectivity index (χ2v) is 4.70. The molecule has 0 radical (unpaired) electrons. The summed E-state index contributed by atoms with van der Waals surface area (Å²) in [6.07, 6.45) is 1.33. The van der Waals surface area contributed by atoms with Crippen LogP contribution in [0.3, 0.4) is 0 Å². The Morgan fingerprint density at radius 1 is 1.47 bits per heavy atom. The highest BCUT2D eigenvalue weighted by molar-refractivity contribution is 9.10. The Bertz CT molecular complexity index is 612. The largest absolute Gasteiger partial charge is 0.338 e. The van der Waals surface area contributed by atoms with Gasteiger partial charge >= 0.3 is 0 Å².